The van der Waals surface area contributed by atoms with Crippen molar-refractivity contribution in [2.45, 2.75) is 13.3 Å². The molecule has 0 saturated heterocycles. The molecular formula is C15H14O5. The number of hydrogen-bond donors (Lipinski definition) is 1. The van der Waals surface area contributed by atoms with E-state index >= 15 is 0 Å². The number of carboxylic acids is 1. The fourth-order valence-electron chi connectivity index (χ4n) is 1.69. The van der Waals surface area contributed by atoms with Crippen molar-refractivity contribution >= 4 is 11.8 Å². The molecule has 2 aromatic rings. The Kier molecular flexibility index (Phi) is 4.20. The van der Waals surface area contributed by atoms with Crippen LogP contribution < -0.4 is 4.74 Å². The zero-order valence-electron chi connectivity index (χ0n) is 11.0. The van der Waals surface area contributed by atoms with E-state index in [1.54, 1.807) is 0 Å². The van der Waals surface area contributed by atoms with Crippen molar-refractivity contribution in [3.05, 3.63) is 53.5 Å². The van der Waals surface area contributed by atoms with Gasteiger partial charge in [-0.05, 0) is 36.8 Å². The van der Waals surface area contributed by atoms with Crippen LogP contribution in [0.5, 0.6) is 5.75 Å². The van der Waals surface area contributed by atoms with Crippen LogP contribution in [0.15, 0.2) is 40.8 Å². The van der Waals surface area contributed by atoms with Gasteiger partial charge < -0.3 is 14.3 Å². The fraction of sp³-hybridized carbons (Fsp3) is 0.200. The van der Waals surface area contributed by atoms with Crippen LogP contribution >= 0.6 is 0 Å². The van der Waals surface area contributed by atoms with Crippen LogP contribution in [0.1, 0.15) is 33.1 Å². The van der Waals surface area contributed by atoms with Gasteiger partial charge >= 0.3 is 5.97 Å². The molecule has 1 aromatic carbocycles. The third-order valence-corrected chi connectivity index (χ3v) is 2.68. The number of aryl methyl sites for hydroxylation is 1. The van der Waals surface area contributed by atoms with Gasteiger partial charge in [0.05, 0.1) is 6.61 Å². The summed E-state index contributed by atoms with van der Waals surface area (Å²) in [7, 11) is 0. The van der Waals surface area contributed by atoms with E-state index in [0.717, 1.165) is 5.56 Å². The zero-order valence-corrected chi connectivity index (χ0v) is 11.0. The molecule has 2 rings (SSSR count). The van der Waals surface area contributed by atoms with Gasteiger partial charge in [-0.2, -0.15) is 0 Å². The maximum Gasteiger partial charge on any atom is 0.371 e. The second-order valence-corrected chi connectivity index (χ2v) is 4.31. The summed E-state index contributed by atoms with van der Waals surface area (Å²) in [5.74, 6) is -0.989. The smallest absolute Gasteiger partial charge is 0.371 e. The lowest BCUT2D eigenvalue weighted by molar-refractivity contribution is 0.0660. The van der Waals surface area contributed by atoms with E-state index in [0.29, 0.717) is 5.75 Å². The average Bonchev–Trinajstić information content (AvgIpc) is 2.88. The number of carboxylic acid groups (broad SMARTS) is 1. The van der Waals surface area contributed by atoms with Crippen LogP contribution in [0, 0.1) is 6.92 Å². The van der Waals surface area contributed by atoms with Crippen molar-refractivity contribution in [3.8, 4) is 5.75 Å². The Bertz CT molecular complexity index is 627. The molecule has 0 aliphatic rings. The second kappa shape index (κ2) is 6.06. The van der Waals surface area contributed by atoms with Crippen LogP contribution in [-0.2, 0) is 0 Å². The SMILES string of the molecule is Cc1cccc(OCCC(=O)c2ccc(C(=O)O)o2)c1. The summed E-state index contributed by atoms with van der Waals surface area (Å²) in [4.78, 5) is 22.4. The van der Waals surface area contributed by atoms with Crippen LogP contribution in [0.2, 0.25) is 0 Å². The number of ether oxygens (including phenoxy) is 1. The molecule has 5 nitrogen and oxygen atoms in total. The zero-order chi connectivity index (χ0) is 14.5. The number of aromatic carboxylic acids is 1. The highest BCUT2D eigenvalue weighted by Crippen LogP contribution is 2.14. The van der Waals surface area contributed by atoms with E-state index in [1.165, 1.54) is 12.1 Å². The molecule has 1 N–H and O–H groups in total. The van der Waals surface area contributed by atoms with E-state index in [-0.39, 0.29) is 30.3 Å². The molecule has 5 heteroatoms. The molecule has 0 saturated carbocycles. The van der Waals surface area contributed by atoms with Gasteiger partial charge in [0, 0.05) is 6.42 Å². The summed E-state index contributed by atoms with van der Waals surface area (Å²) in [5, 5.41) is 8.70. The highest BCUT2D eigenvalue weighted by molar-refractivity contribution is 5.95. The van der Waals surface area contributed by atoms with Gasteiger partial charge in [0.2, 0.25) is 11.5 Å². The molecule has 0 amide bonds. The van der Waals surface area contributed by atoms with Gasteiger partial charge in [-0.1, -0.05) is 12.1 Å². The summed E-state index contributed by atoms with van der Waals surface area (Å²) in [6.07, 6.45) is 0.126. The third-order valence-electron chi connectivity index (χ3n) is 2.68. The molecule has 1 aromatic heterocycles. The lowest BCUT2D eigenvalue weighted by Crippen LogP contribution is -2.06. The highest BCUT2D eigenvalue weighted by atomic mass is 16.5. The lowest BCUT2D eigenvalue weighted by atomic mass is 10.2. The minimum absolute atomic E-state index is 0.0373. The Morgan fingerprint density at radius 3 is 2.60 bits per heavy atom. The first-order valence-electron chi connectivity index (χ1n) is 6.12. The Labute approximate surface area is 115 Å². The molecule has 0 spiro atoms. The topological polar surface area (TPSA) is 76.7 Å². The molecule has 0 bridgehead atoms. The van der Waals surface area contributed by atoms with Crippen LogP contribution in [0.25, 0.3) is 0 Å². The van der Waals surface area contributed by atoms with Crippen molar-refractivity contribution in [1.82, 2.24) is 0 Å². The molecule has 0 unspecified atom stereocenters. The molecule has 0 atom stereocenters. The number of hydrogen-bond acceptors (Lipinski definition) is 4. The Morgan fingerprint density at radius 2 is 1.95 bits per heavy atom. The van der Waals surface area contributed by atoms with Gasteiger partial charge in [-0.3, -0.25) is 4.79 Å². The summed E-state index contributed by atoms with van der Waals surface area (Å²) >= 11 is 0. The summed E-state index contributed by atoms with van der Waals surface area (Å²) in [5.41, 5.74) is 1.07. The molecular weight excluding hydrogens is 260 g/mol. The molecule has 1 heterocycles. The van der Waals surface area contributed by atoms with Gasteiger partial charge in [0.25, 0.3) is 0 Å². The monoisotopic (exact) mass is 274 g/mol. The number of carbonyl (C=O) groups excluding carboxylic acids is 1. The minimum Gasteiger partial charge on any atom is -0.493 e. The summed E-state index contributed by atoms with van der Waals surface area (Å²) in [6, 6.07) is 10.1. The van der Waals surface area contributed by atoms with Gasteiger partial charge in [0.1, 0.15) is 5.75 Å². The molecule has 0 radical (unpaired) electrons. The first kappa shape index (κ1) is 13.9. The van der Waals surface area contributed by atoms with E-state index in [4.69, 9.17) is 14.3 Å². The van der Waals surface area contributed by atoms with E-state index in [9.17, 15) is 9.59 Å². The van der Waals surface area contributed by atoms with Gasteiger partial charge in [0.15, 0.2) is 5.76 Å². The van der Waals surface area contributed by atoms with Crippen molar-refractivity contribution in [1.29, 1.82) is 0 Å². The Hall–Kier alpha value is -2.56. The number of rotatable bonds is 6. The number of benzene rings is 1. The van der Waals surface area contributed by atoms with Crippen molar-refractivity contribution in [2.24, 2.45) is 0 Å². The first-order chi connectivity index (χ1) is 9.56. The average molecular weight is 274 g/mol. The summed E-state index contributed by atoms with van der Waals surface area (Å²) in [6.45, 7) is 2.17. The van der Waals surface area contributed by atoms with Crippen LogP contribution in [-0.4, -0.2) is 23.5 Å². The fourth-order valence-corrected chi connectivity index (χ4v) is 1.69. The normalized spacial score (nSPS) is 10.2. The van der Waals surface area contributed by atoms with Crippen molar-refractivity contribution in [3.63, 3.8) is 0 Å². The summed E-state index contributed by atoms with van der Waals surface area (Å²) < 4.78 is 10.4. The standard InChI is InChI=1S/C15H14O5/c1-10-3-2-4-11(9-10)19-8-7-12(16)13-5-6-14(20-13)15(17)18/h2-6,9H,7-8H2,1H3,(H,17,18). The quantitative estimate of drug-likeness (QED) is 0.819. The largest absolute Gasteiger partial charge is 0.493 e. The number of carbonyl (C=O) groups is 2. The van der Waals surface area contributed by atoms with E-state index in [1.807, 2.05) is 31.2 Å². The molecule has 0 aliphatic heterocycles. The van der Waals surface area contributed by atoms with Gasteiger partial charge in [-0.25, -0.2) is 4.79 Å². The number of furan rings is 1. The first-order valence-corrected chi connectivity index (χ1v) is 6.12. The molecule has 104 valence electrons. The third kappa shape index (κ3) is 3.47. The van der Waals surface area contributed by atoms with Crippen LogP contribution in [0.4, 0.5) is 0 Å². The van der Waals surface area contributed by atoms with E-state index in [2.05, 4.69) is 0 Å². The molecule has 0 fully saturated rings. The Balaban J connectivity index is 1.87. The second-order valence-electron chi connectivity index (χ2n) is 4.31. The minimum atomic E-state index is -1.19. The maximum absolute atomic E-state index is 11.8. The predicted molar refractivity (Wildman–Crippen MR) is 71.3 cm³/mol. The van der Waals surface area contributed by atoms with Crippen molar-refractivity contribution < 1.29 is 23.8 Å². The van der Waals surface area contributed by atoms with Crippen molar-refractivity contribution in [2.75, 3.05) is 6.61 Å². The van der Waals surface area contributed by atoms with Gasteiger partial charge in [-0.15, -0.1) is 0 Å². The molecule has 0 aliphatic carbocycles. The number of ketones is 1. The number of Topliss-reactive ketones (excluding diaryl/α,β-unsaturated/α-hetero) is 1. The van der Waals surface area contributed by atoms with Crippen LogP contribution in [0.3, 0.4) is 0 Å². The highest BCUT2D eigenvalue weighted by Gasteiger charge is 2.14. The lowest BCUT2D eigenvalue weighted by Gasteiger charge is -2.05. The maximum atomic E-state index is 11.8. The predicted octanol–water partition coefficient (Wildman–Crippen LogP) is 2.94. The van der Waals surface area contributed by atoms with E-state index < -0.39 is 5.97 Å². The molecule has 20 heavy (non-hydrogen) atoms. The Morgan fingerprint density at radius 1 is 1.20 bits per heavy atom.